The molecule has 0 bridgehead atoms. The van der Waals surface area contributed by atoms with Crippen molar-refractivity contribution in [3.63, 3.8) is 0 Å². The van der Waals surface area contributed by atoms with Crippen molar-refractivity contribution in [3.8, 4) is 16.4 Å². The minimum absolute atomic E-state index is 0.0284. The molecule has 5 rings (SSSR count). The quantitative estimate of drug-likeness (QED) is 0.367. The Morgan fingerprint density at radius 3 is 2.70 bits per heavy atom. The monoisotopic (exact) mass is 437 g/mol. The first kappa shape index (κ1) is 21.0. The van der Waals surface area contributed by atoms with Crippen molar-refractivity contribution in [1.29, 1.82) is 5.26 Å². The van der Waals surface area contributed by atoms with Crippen LogP contribution in [0, 0.1) is 11.2 Å². The Labute approximate surface area is 185 Å². The predicted molar refractivity (Wildman–Crippen MR) is 127 cm³/mol. The Morgan fingerprint density at radius 1 is 1.27 bits per heavy atom. The molecule has 0 unspecified atom stereocenters. The Bertz CT molecular complexity index is 1180. The molecule has 3 aromatic heterocycles. The third-order valence-electron chi connectivity index (χ3n) is 5.76. The van der Waals surface area contributed by atoms with Crippen LogP contribution >= 0.6 is 24.0 Å². The highest BCUT2D eigenvalue weighted by Gasteiger charge is 2.27. The standard InChI is InChI=1S/C20H20BN5OS.CH4S/c1-25-8-15-6-14(7-16(11-27)19(15)24-25)18-10-26-9-17(23-20(26)28-18)13-2-4-21(12-22)5-3-13;1-2/h6-10,13,27H,2-5,11H2,1H3;2H,1H3. The summed E-state index contributed by atoms with van der Waals surface area (Å²) < 4.78 is 3.89. The van der Waals surface area contributed by atoms with Crippen molar-refractivity contribution in [2.24, 2.45) is 7.05 Å². The minimum atomic E-state index is -0.0284. The predicted octanol–water partition coefficient (Wildman–Crippen LogP) is 4.42. The summed E-state index contributed by atoms with van der Waals surface area (Å²) in [6.45, 7) is 0.189. The lowest BCUT2D eigenvalue weighted by atomic mass is 9.41. The summed E-state index contributed by atoms with van der Waals surface area (Å²) in [4.78, 5) is 6.99. The maximum Gasteiger partial charge on any atom is 0.267 e. The maximum atomic E-state index is 9.75. The number of aryl methyl sites for hydroxylation is 1. The molecule has 1 aliphatic heterocycles. The molecule has 0 saturated carbocycles. The van der Waals surface area contributed by atoms with E-state index in [0.29, 0.717) is 5.92 Å². The van der Waals surface area contributed by atoms with Crippen molar-refractivity contribution in [1.82, 2.24) is 19.2 Å². The van der Waals surface area contributed by atoms with Crippen LogP contribution in [0.15, 0.2) is 30.7 Å². The average Bonchev–Trinajstić information content (AvgIpc) is 3.46. The number of aliphatic hydroxyl groups is 1. The SMILES string of the molecule is CS.Cn1cc2cc(-c3cn4cc(C5CCB(C#N)CC5)nc4s3)cc(CO)c2n1. The molecule has 0 aliphatic carbocycles. The lowest BCUT2D eigenvalue weighted by Gasteiger charge is -2.21. The van der Waals surface area contributed by atoms with E-state index in [2.05, 4.69) is 46.6 Å². The average molecular weight is 437 g/mol. The summed E-state index contributed by atoms with van der Waals surface area (Å²) in [6.07, 6.45) is 12.0. The summed E-state index contributed by atoms with van der Waals surface area (Å²) in [5.74, 6) is 2.86. The molecule has 0 atom stereocenters. The summed E-state index contributed by atoms with van der Waals surface area (Å²) in [5, 5.41) is 24.3. The van der Waals surface area contributed by atoms with Gasteiger partial charge in [-0.3, -0.25) is 9.08 Å². The summed E-state index contributed by atoms with van der Waals surface area (Å²) in [7, 11) is 1.89. The molecule has 4 aromatic rings. The molecular formula is C21H24BN5OS2. The number of aliphatic hydroxyl groups excluding tert-OH is 1. The molecule has 1 aliphatic rings. The number of fused-ring (bicyclic) bond motifs is 2. The van der Waals surface area contributed by atoms with Gasteiger partial charge in [0.2, 0.25) is 0 Å². The molecular weight excluding hydrogens is 413 g/mol. The first-order chi connectivity index (χ1) is 14.6. The first-order valence-electron chi connectivity index (χ1n) is 10.0. The molecule has 6 nitrogen and oxygen atoms in total. The molecule has 1 saturated heterocycles. The van der Waals surface area contributed by atoms with Crippen molar-refractivity contribution < 1.29 is 5.11 Å². The molecule has 1 N–H and O–H groups in total. The van der Waals surface area contributed by atoms with Gasteiger partial charge in [0.1, 0.15) is 0 Å². The Hall–Kier alpha value is -2.28. The van der Waals surface area contributed by atoms with Gasteiger partial charge in [0.25, 0.3) is 6.71 Å². The van der Waals surface area contributed by atoms with E-state index in [9.17, 15) is 5.11 Å². The van der Waals surface area contributed by atoms with E-state index in [0.717, 1.165) is 63.0 Å². The van der Waals surface area contributed by atoms with Crippen LogP contribution in [0.3, 0.4) is 0 Å². The van der Waals surface area contributed by atoms with E-state index in [1.165, 1.54) is 0 Å². The van der Waals surface area contributed by atoms with E-state index >= 15 is 0 Å². The molecule has 4 heterocycles. The van der Waals surface area contributed by atoms with Crippen LogP contribution in [-0.2, 0) is 13.7 Å². The van der Waals surface area contributed by atoms with Gasteiger partial charge in [0.15, 0.2) is 4.96 Å². The second-order valence-corrected chi connectivity index (χ2v) is 8.67. The van der Waals surface area contributed by atoms with Crippen LogP contribution < -0.4 is 0 Å². The molecule has 9 heteroatoms. The van der Waals surface area contributed by atoms with E-state index < -0.39 is 0 Å². The third-order valence-corrected chi connectivity index (χ3v) is 6.81. The number of rotatable bonds is 3. The number of imidazole rings is 1. The summed E-state index contributed by atoms with van der Waals surface area (Å²) >= 11 is 5.19. The van der Waals surface area contributed by atoms with E-state index in [-0.39, 0.29) is 13.3 Å². The zero-order valence-corrected chi connectivity index (χ0v) is 18.8. The zero-order valence-electron chi connectivity index (χ0n) is 17.1. The Kier molecular flexibility index (Phi) is 6.18. The maximum absolute atomic E-state index is 9.75. The highest BCUT2D eigenvalue weighted by molar-refractivity contribution is 7.79. The van der Waals surface area contributed by atoms with Gasteiger partial charge in [-0.15, -0.1) is 0 Å². The number of hydrogen-bond donors (Lipinski definition) is 2. The second kappa shape index (κ2) is 8.84. The molecule has 0 amide bonds. The van der Waals surface area contributed by atoms with Gasteiger partial charge in [0.05, 0.1) is 22.7 Å². The van der Waals surface area contributed by atoms with Crippen LogP contribution in [0.4, 0.5) is 0 Å². The molecule has 154 valence electrons. The number of aromatic nitrogens is 4. The summed E-state index contributed by atoms with van der Waals surface area (Å²) in [5.41, 5.74) is 3.92. The smallest absolute Gasteiger partial charge is 0.267 e. The molecule has 1 aromatic carbocycles. The van der Waals surface area contributed by atoms with Gasteiger partial charge in [-0.25, -0.2) is 10.2 Å². The number of nitrogens with zero attached hydrogens (tertiary/aromatic N) is 5. The van der Waals surface area contributed by atoms with Crippen molar-refractivity contribution in [3.05, 3.63) is 42.0 Å². The Balaban J connectivity index is 0.00000106. The largest absolute Gasteiger partial charge is 0.392 e. The number of thiol groups is 1. The van der Waals surface area contributed by atoms with Crippen molar-refractivity contribution in [2.75, 3.05) is 6.26 Å². The van der Waals surface area contributed by atoms with Gasteiger partial charge in [-0.2, -0.15) is 17.7 Å². The van der Waals surface area contributed by atoms with Crippen LogP contribution in [0.25, 0.3) is 26.3 Å². The van der Waals surface area contributed by atoms with Crippen LogP contribution in [0.1, 0.15) is 30.0 Å². The minimum Gasteiger partial charge on any atom is -0.392 e. The summed E-state index contributed by atoms with van der Waals surface area (Å²) in [6, 6.07) is 4.14. The van der Waals surface area contributed by atoms with E-state index in [4.69, 9.17) is 10.2 Å². The van der Waals surface area contributed by atoms with Crippen LogP contribution in [0.5, 0.6) is 0 Å². The van der Waals surface area contributed by atoms with Gasteiger partial charge < -0.3 is 5.11 Å². The lowest BCUT2D eigenvalue weighted by Crippen LogP contribution is -2.18. The third kappa shape index (κ3) is 3.87. The fourth-order valence-corrected chi connectivity index (χ4v) is 5.21. The van der Waals surface area contributed by atoms with E-state index in [1.807, 2.05) is 19.3 Å². The molecule has 0 radical (unpaired) electrons. The van der Waals surface area contributed by atoms with Gasteiger partial charge in [-0.1, -0.05) is 36.8 Å². The highest BCUT2D eigenvalue weighted by Crippen LogP contribution is 2.36. The van der Waals surface area contributed by atoms with E-state index in [1.54, 1.807) is 22.3 Å². The van der Waals surface area contributed by atoms with Gasteiger partial charge in [0, 0.05) is 48.5 Å². The second-order valence-electron chi connectivity index (χ2n) is 7.66. The number of thiazole rings is 1. The number of hydrogen-bond acceptors (Lipinski definition) is 6. The zero-order chi connectivity index (χ0) is 21.3. The van der Waals surface area contributed by atoms with Gasteiger partial charge in [-0.05, 0) is 24.0 Å². The molecule has 30 heavy (non-hydrogen) atoms. The van der Waals surface area contributed by atoms with Crippen molar-refractivity contribution in [2.45, 2.75) is 38.0 Å². The first-order valence-corrected chi connectivity index (χ1v) is 11.8. The lowest BCUT2D eigenvalue weighted by molar-refractivity contribution is 0.283. The van der Waals surface area contributed by atoms with Crippen LogP contribution in [-0.4, -0.2) is 37.2 Å². The van der Waals surface area contributed by atoms with Gasteiger partial charge >= 0.3 is 0 Å². The normalized spacial score (nSPS) is 14.7. The van der Waals surface area contributed by atoms with Crippen LogP contribution in [0.2, 0.25) is 12.6 Å². The van der Waals surface area contributed by atoms with Crippen molar-refractivity contribution >= 4 is 46.5 Å². The fourth-order valence-electron chi connectivity index (χ4n) is 4.25. The Morgan fingerprint density at radius 2 is 2.03 bits per heavy atom. The number of benzene rings is 1. The molecule has 1 fully saturated rings. The topological polar surface area (TPSA) is 79.1 Å². The number of nitriles is 1. The fraction of sp³-hybridized carbons (Fsp3) is 0.381. The highest BCUT2D eigenvalue weighted by atomic mass is 32.1. The molecule has 0 spiro atoms.